The average Bonchev–Trinajstić information content (AvgIpc) is 2.31. The molecule has 0 spiro atoms. The molecule has 0 saturated heterocycles. The Morgan fingerprint density at radius 3 is 2.63 bits per heavy atom. The van der Waals surface area contributed by atoms with Crippen LogP contribution in [-0.2, 0) is 4.43 Å². The maximum Gasteiger partial charge on any atom is 0.202 e. The average molecular weight is 310 g/mol. The van der Waals surface area contributed by atoms with Crippen LogP contribution in [0.25, 0.3) is 0 Å². The van der Waals surface area contributed by atoms with Gasteiger partial charge in [-0.25, -0.2) is 4.98 Å². The summed E-state index contributed by atoms with van der Waals surface area (Å²) in [4.78, 5) is 3.49. The minimum absolute atomic E-state index is 0.332. The lowest BCUT2D eigenvalue weighted by atomic mass is 10.2. The van der Waals surface area contributed by atoms with E-state index in [-0.39, 0.29) is 5.04 Å². The van der Waals surface area contributed by atoms with Crippen LogP contribution in [0.4, 0.5) is 4.39 Å². The maximum absolute atomic E-state index is 13.8. The van der Waals surface area contributed by atoms with Crippen LogP contribution in [0.3, 0.4) is 0 Å². The predicted octanol–water partition coefficient (Wildman–Crippen LogP) is 4.27. The van der Waals surface area contributed by atoms with Crippen molar-refractivity contribution in [2.24, 2.45) is 0 Å². The molecule has 19 heavy (non-hydrogen) atoms. The van der Waals surface area contributed by atoms with Crippen LogP contribution in [0.2, 0.25) is 23.3 Å². The molecule has 1 heterocycles. The van der Waals surface area contributed by atoms with Gasteiger partial charge in [-0.15, -0.1) is 0 Å². The van der Waals surface area contributed by atoms with Crippen molar-refractivity contribution in [2.45, 2.75) is 38.9 Å². The minimum atomic E-state index is -2.92. The Bertz CT molecular complexity index is 582. The van der Waals surface area contributed by atoms with Gasteiger partial charge in [-0.1, -0.05) is 32.4 Å². The monoisotopic (exact) mass is 309 g/mol. The molecular weight excluding hydrogens is 285 g/mol. The first-order valence-electron chi connectivity index (χ1n) is 7.80. The van der Waals surface area contributed by atoms with Crippen LogP contribution < -0.4 is 4.74 Å². The van der Waals surface area contributed by atoms with Gasteiger partial charge in [0.15, 0.2) is 19.2 Å². The molecular formula is C13H21ClFNO2Si. The van der Waals surface area contributed by atoms with E-state index in [2.05, 4.69) is 4.98 Å². The van der Waals surface area contributed by atoms with E-state index >= 15 is 0 Å². The second-order valence-corrected chi connectivity index (χ2v) is 10.7. The second-order valence-electron chi connectivity index (χ2n) is 5.58. The van der Waals surface area contributed by atoms with Gasteiger partial charge in [0, 0.05) is 12.3 Å². The number of hydrogen-bond donors (Lipinski definition) is 0. The van der Waals surface area contributed by atoms with Gasteiger partial charge in [0.25, 0.3) is 0 Å². The molecule has 1 aromatic heterocycles. The van der Waals surface area contributed by atoms with Gasteiger partial charge in [-0.2, -0.15) is 4.39 Å². The quantitative estimate of drug-likeness (QED) is 0.601. The van der Waals surface area contributed by atoms with Gasteiger partial charge < -0.3 is 9.16 Å². The topological polar surface area (TPSA) is 31.4 Å². The molecule has 0 fully saturated rings. The number of hydrogen-bond acceptors (Lipinski definition) is 3. The standard InChI is InChI=1S/C13H21ClFNO2Si/c1-13(2,3)19(4,5)18-9-8-17-10-6-7-16-12(14)11(10)15/h6-7H,8-9H2,1-5H3/i8D2,9D2. The SMILES string of the molecule is [2H]C([2H])(Oc1ccnc(Cl)c1F)C([2H])([2H])O[Si](C)(C)C(C)(C)C. The first-order chi connectivity index (χ1) is 10.1. The van der Waals surface area contributed by atoms with Gasteiger partial charge in [-0.3, -0.25) is 0 Å². The van der Waals surface area contributed by atoms with Gasteiger partial charge in [0.05, 0.1) is 12.0 Å². The lowest BCUT2D eigenvalue weighted by Gasteiger charge is -2.36. The number of pyridine rings is 1. The smallest absolute Gasteiger partial charge is 0.202 e. The summed E-state index contributed by atoms with van der Waals surface area (Å²) in [6, 6.07) is 1.07. The zero-order valence-electron chi connectivity index (χ0n) is 15.7. The Hall–Kier alpha value is -0.653. The fourth-order valence-corrected chi connectivity index (χ4v) is 1.61. The minimum Gasteiger partial charge on any atom is -0.488 e. The maximum atomic E-state index is 13.8. The van der Waals surface area contributed by atoms with Crippen LogP contribution in [0, 0.1) is 5.82 Å². The first-order valence-corrected chi connectivity index (χ1v) is 9.08. The molecule has 0 saturated carbocycles. The third kappa shape index (κ3) is 4.44. The van der Waals surface area contributed by atoms with E-state index in [9.17, 15) is 4.39 Å². The number of nitrogens with zero attached hydrogens (tertiary/aromatic N) is 1. The number of aromatic nitrogens is 1. The van der Waals surface area contributed by atoms with E-state index < -0.39 is 38.2 Å². The fourth-order valence-electron chi connectivity index (χ4n) is 0.858. The van der Waals surface area contributed by atoms with E-state index in [1.165, 1.54) is 0 Å². The number of halogens is 2. The summed E-state index contributed by atoms with van der Waals surface area (Å²) >= 11 is 5.52. The van der Waals surface area contributed by atoms with Crippen LogP contribution in [-0.4, -0.2) is 26.4 Å². The molecule has 0 atom stereocenters. The summed E-state index contributed by atoms with van der Waals surface area (Å²) in [5, 5.41) is -0.814. The van der Waals surface area contributed by atoms with Crippen LogP contribution in [0.5, 0.6) is 5.75 Å². The molecule has 1 rings (SSSR count). The van der Waals surface area contributed by atoms with Crippen molar-refractivity contribution in [3.05, 3.63) is 23.2 Å². The third-order valence-corrected chi connectivity index (χ3v) is 7.61. The Balaban J connectivity index is 3.08. The first kappa shape index (κ1) is 11.1. The molecule has 0 aliphatic carbocycles. The zero-order chi connectivity index (χ0) is 18.3. The molecule has 0 bridgehead atoms. The van der Waals surface area contributed by atoms with Crippen molar-refractivity contribution >= 4 is 19.9 Å². The fraction of sp³-hybridized carbons (Fsp3) is 0.615. The highest BCUT2D eigenvalue weighted by Crippen LogP contribution is 2.36. The van der Waals surface area contributed by atoms with E-state index in [4.69, 9.17) is 26.2 Å². The molecule has 0 radical (unpaired) electrons. The van der Waals surface area contributed by atoms with E-state index in [1.807, 2.05) is 20.8 Å². The van der Waals surface area contributed by atoms with Crippen molar-refractivity contribution in [3.8, 4) is 5.75 Å². The molecule has 3 nitrogen and oxygen atoms in total. The predicted molar refractivity (Wildman–Crippen MR) is 77.8 cm³/mol. The molecule has 6 heteroatoms. The summed E-state index contributed by atoms with van der Waals surface area (Å²) < 4.78 is 55.8. The highest BCUT2D eigenvalue weighted by atomic mass is 35.5. The zero-order valence-corrected chi connectivity index (χ0v) is 13.4. The summed E-state index contributed by atoms with van der Waals surface area (Å²) in [7, 11) is -2.62. The van der Waals surface area contributed by atoms with Crippen molar-refractivity contribution in [1.29, 1.82) is 0 Å². The lowest BCUT2D eigenvalue weighted by Crippen LogP contribution is -2.41. The van der Waals surface area contributed by atoms with E-state index in [1.54, 1.807) is 13.1 Å². The van der Waals surface area contributed by atoms with Crippen molar-refractivity contribution in [1.82, 2.24) is 4.98 Å². The summed E-state index contributed by atoms with van der Waals surface area (Å²) in [5.41, 5.74) is 0. The normalized spacial score (nSPS) is 17.2. The van der Waals surface area contributed by atoms with Crippen molar-refractivity contribution < 1.29 is 19.0 Å². The van der Waals surface area contributed by atoms with Crippen LogP contribution in [0.15, 0.2) is 12.3 Å². The number of rotatable bonds is 5. The summed E-state index contributed by atoms with van der Waals surface area (Å²) in [6.45, 7) is 3.55. The van der Waals surface area contributed by atoms with Gasteiger partial charge in [-0.05, 0) is 18.1 Å². The molecule has 0 N–H and O–H groups in total. The molecule has 108 valence electrons. The number of ether oxygens (including phenoxy) is 1. The lowest BCUT2D eigenvalue weighted by molar-refractivity contribution is 0.198. The Morgan fingerprint density at radius 1 is 1.42 bits per heavy atom. The molecule has 0 aliphatic heterocycles. The Morgan fingerprint density at radius 2 is 2.05 bits per heavy atom. The summed E-state index contributed by atoms with van der Waals surface area (Å²) in [5.74, 6) is -1.58. The molecule has 0 aromatic carbocycles. The second kappa shape index (κ2) is 6.20. The highest BCUT2D eigenvalue weighted by molar-refractivity contribution is 6.74. The van der Waals surface area contributed by atoms with Gasteiger partial charge in [0.2, 0.25) is 5.82 Å². The van der Waals surface area contributed by atoms with Crippen LogP contribution in [0.1, 0.15) is 26.3 Å². The molecule has 1 aromatic rings. The molecule has 0 amide bonds. The summed E-state index contributed by atoms with van der Waals surface area (Å²) in [6.07, 6.45) is 1.14. The van der Waals surface area contributed by atoms with Crippen molar-refractivity contribution in [3.63, 3.8) is 0 Å². The van der Waals surface area contributed by atoms with Crippen LogP contribution >= 0.6 is 11.6 Å². The highest BCUT2D eigenvalue weighted by Gasteiger charge is 2.36. The largest absolute Gasteiger partial charge is 0.488 e. The Kier molecular flexibility index (Phi) is 3.61. The molecule has 0 aliphatic rings. The van der Waals surface area contributed by atoms with E-state index in [0.29, 0.717) is 0 Å². The third-order valence-electron chi connectivity index (χ3n) is 3.13. The van der Waals surface area contributed by atoms with Gasteiger partial charge >= 0.3 is 0 Å². The van der Waals surface area contributed by atoms with Crippen molar-refractivity contribution in [2.75, 3.05) is 13.1 Å². The molecule has 0 unspecified atom stereocenters. The Labute approximate surface area is 125 Å². The van der Waals surface area contributed by atoms with Gasteiger partial charge in [0.1, 0.15) is 6.56 Å². The van der Waals surface area contributed by atoms with E-state index in [0.717, 1.165) is 12.3 Å².